The number of methoxy groups -OCH3 is 1. The Morgan fingerprint density at radius 2 is 2.24 bits per heavy atom. The second kappa shape index (κ2) is 7.22. The highest BCUT2D eigenvalue weighted by Gasteiger charge is 2.23. The van der Waals surface area contributed by atoms with Crippen LogP contribution in [-0.2, 0) is 21.3 Å². The molecule has 7 heteroatoms. The Hall–Kier alpha value is -1.15. The van der Waals surface area contributed by atoms with Crippen molar-refractivity contribution >= 4 is 10.0 Å². The predicted octanol–water partition coefficient (Wildman–Crippen LogP) is 0.729. The maximum atomic E-state index is 12.4. The third kappa shape index (κ3) is 4.16. The number of hydrogen-bond acceptors (Lipinski definition) is 5. The minimum Gasteiger partial charge on any atom is -0.495 e. The molecule has 2 N–H and O–H groups in total. The van der Waals surface area contributed by atoms with Gasteiger partial charge >= 0.3 is 0 Å². The Bertz CT molecular complexity index is 568. The quantitative estimate of drug-likeness (QED) is 0.776. The van der Waals surface area contributed by atoms with Crippen LogP contribution in [0.3, 0.4) is 0 Å². The van der Waals surface area contributed by atoms with E-state index in [1.165, 1.54) is 7.11 Å². The van der Waals surface area contributed by atoms with Crippen LogP contribution in [0.25, 0.3) is 0 Å². The molecule has 0 amide bonds. The summed E-state index contributed by atoms with van der Waals surface area (Å²) in [6.45, 7) is 2.36. The SMILES string of the molecule is CNCc1ccc(S(=O)(=O)NCC2CCOC2)c(OC)c1. The second-order valence-electron chi connectivity index (χ2n) is 5.10. The minimum absolute atomic E-state index is 0.170. The van der Waals surface area contributed by atoms with Crippen LogP contribution in [0.2, 0.25) is 0 Å². The summed E-state index contributed by atoms with van der Waals surface area (Å²) in [6.07, 6.45) is 0.890. The standard InChI is InChI=1S/C14H22N2O4S/c1-15-8-11-3-4-14(13(7-11)19-2)21(17,18)16-9-12-5-6-20-10-12/h3-4,7,12,15-16H,5-6,8-10H2,1-2H3. The number of hydrogen-bond donors (Lipinski definition) is 2. The van der Waals surface area contributed by atoms with Crippen LogP contribution in [0.1, 0.15) is 12.0 Å². The van der Waals surface area contributed by atoms with Crippen molar-refractivity contribution in [3.63, 3.8) is 0 Å². The number of nitrogens with one attached hydrogen (secondary N) is 2. The van der Waals surface area contributed by atoms with E-state index in [0.29, 0.717) is 32.1 Å². The Morgan fingerprint density at radius 3 is 2.86 bits per heavy atom. The molecule has 6 nitrogen and oxygen atoms in total. The zero-order valence-electron chi connectivity index (χ0n) is 12.4. The largest absolute Gasteiger partial charge is 0.495 e. The third-order valence-electron chi connectivity index (χ3n) is 3.48. The summed E-state index contributed by atoms with van der Waals surface area (Å²) in [5.74, 6) is 0.604. The van der Waals surface area contributed by atoms with Crippen LogP contribution in [0.4, 0.5) is 0 Å². The molecule has 1 heterocycles. The normalized spacial score (nSPS) is 18.9. The maximum Gasteiger partial charge on any atom is 0.244 e. The molecule has 0 aliphatic carbocycles. The highest BCUT2D eigenvalue weighted by molar-refractivity contribution is 7.89. The van der Waals surface area contributed by atoms with Crippen LogP contribution in [0.15, 0.2) is 23.1 Å². The van der Waals surface area contributed by atoms with Crippen molar-refractivity contribution in [2.75, 3.05) is 33.9 Å². The van der Waals surface area contributed by atoms with Gasteiger partial charge in [0, 0.05) is 19.7 Å². The molecule has 1 aromatic carbocycles. The summed E-state index contributed by atoms with van der Waals surface area (Å²) in [5, 5.41) is 3.02. The average Bonchev–Trinajstić information content (AvgIpc) is 2.98. The smallest absolute Gasteiger partial charge is 0.244 e. The van der Waals surface area contributed by atoms with E-state index in [0.717, 1.165) is 12.0 Å². The predicted molar refractivity (Wildman–Crippen MR) is 79.9 cm³/mol. The van der Waals surface area contributed by atoms with Gasteiger partial charge in [-0.15, -0.1) is 0 Å². The van der Waals surface area contributed by atoms with E-state index in [4.69, 9.17) is 9.47 Å². The molecule has 118 valence electrons. The first-order chi connectivity index (χ1) is 10.1. The van der Waals surface area contributed by atoms with Crippen LogP contribution in [-0.4, -0.2) is 42.3 Å². The van der Waals surface area contributed by atoms with Gasteiger partial charge in [-0.05, 0) is 37.1 Å². The summed E-state index contributed by atoms with van der Waals surface area (Å²) >= 11 is 0. The molecule has 1 aromatic rings. The van der Waals surface area contributed by atoms with Crippen LogP contribution in [0.5, 0.6) is 5.75 Å². The summed E-state index contributed by atoms with van der Waals surface area (Å²) in [7, 11) is -0.263. The number of ether oxygens (including phenoxy) is 2. The van der Waals surface area contributed by atoms with E-state index in [2.05, 4.69) is 10.0 Å². The molecule has 1 saturated heterocycles. The summed E-state index contributed by atoms with van der Waals surface area (Å²) in [4.78, 5) is 0.170. The average molecular weight is 314 g/mol. The fourth-order valence-electron chi connectivity index (χ4n) is 2.30. The van der Waals surface area contributed by atoms with Crippen molar-refractivity contribution in [3.05, 3.63) is 23.8 Å². The van der Waals surface area contributed by atoms with Crippen molar-refractivity contribution in [1.82, 2.24) is 10.0 Å². The first-order valence-corrected chi connectivity index (χ1v) is 8.44. The minimum atomic E-state index is -3.57. The molecular formula is C14H22N2O4S. The second-order valence-corrected chi connectivity index (χ2v) is 6.83. The van der Waals surface area contributed by atoms with Gasteiger partial charge in [-0.1, -0.05) is 6.07 Å². The Kier molecular flexibility index (Phi) is 5.58. The number of sulfonamides is 1. The lowest BCUT2D eigenvalue weighted by Crippen LogP contribution is -2.30. The fourth-order valence-corrected chi connectivity index (χ4v) is 3.56. The number of rotatable bonds is 7. The molecule has 0 saturated carbocycles. The molecule has 1 fully saturated rings. The molecule has 1 atom stereocenters. The van der Waals surface area contributed by atoms with E-state index in [1.54, 1.807) is 18.2 Å². The van der Waals surface area contributed by atoms with Crippen molar-refractivity contribution in [1.29, 1.82) is 0 Å². The highest BCUT2D eigenvalue weighted by Crippen LogP contribution is 2.25. The van der Waals surface area contributed by atoms with E-state index in [9.17, 15) is 8.42 Å². The third-order valence-corrected chi connectivity index (χ3v) is 4.95. The van der Waals surface area contributed by atoms with Gasteiger partial charge in [0.2, 0.25) is 10.0 Å². The summed E-state index contributed by atoms with van der Waals surface area (Å²) < 4.78 is 37.9. The van der Waals surface area contributed by atoms with Gasteiger partial charge in [-0.25, -0.2) is 13.1 Å². The molecule has 2 rings (SSSR count). The summed E-state index contributed by atoms with van der Waals surface area (Å²) in [6, 6.07) is 5.11. The van der Waals surface area contributed by atoms with E-state index >= 15 is 0 Å². The first-order valence-electron chi connectivity index (χ1n) is 6.95. The van der Waals surface area contributed by atoms with Gasteiger partial charge in [-0.2, -0.15) is 0 Å². The number of benzene rings is 1. The van der Waals surface area contributed by atoms with Gasteiger partial charge in [0.1, 0.15) is 10.6 Å². The Labute approximate surface area is 125 Å². The van der Waals surface area contributed by atoms with Crippen LogP contribution >= 0.6 is 0 Å². The van der Waals surface area contributed by atoms with Crippen LogP contribution in [0, 0.1) is 5.92 Å². The zero-order valence-corrected chi connectivity index (χ0v) is 13.2. The van der Waals surface area contributed by atoms with Crippen molar-refractivity contribution in [2.45, 2.75) is 17.9 Å². The summed E-state index contributed by atoms with van der Waals surface area (Å²) in [5.41, 5.74) is 0.970. The highest BCUT2D eigenvalue weighted by atomic mass is 32.2. The van der Waals surface area contributed by atoms with Gasteiger partial charge in [0.25, 0.3) is 0 Å². The Morgan fingerprint density at radius 1 is 1.43 bits per heavy atom. The van der Waals surface area contributed by atoms with Gasteiger partial charge < -0.3 is 14.8 Å². The molecule has 21 heavy (non-hydrogen) atoms. The molecule has 0 aromatic heterocycles. The first kappa shape index (κ1) is 16.2. The van der Waals surface area contributed by atoms with Gasteiger partial charge in [0.15, 0.2) is 0 Å². The van der Waals surface area contributed by atoms with E-state index in [1.807, 2.05) is 7.05 Å². The van der Waals surface area contributed by atoms with Crippen LogP contribution < -0.4 is 14.8 Å². The lowest BCUT2D eigenvalue weighted by atomic mass is 10.1. The topological polar surface area (TPSA) is 76.7 Å². The molecule has 1 unspecified atom stereocenters. The molecule has 1 aliphatic rings. The molecule has 0 spiro atoms. The van der Waals surface area contributed by atoms with Crippen molar-refractivity contribution < 1.29 is 17.9 Å². The molecule has 0 bridgehead atoms. The molecule has 1 aliphatic heterocycles. The zero-order chi connectivity index (χ0) is 15.3. The monoisotopic (exact) mass is 314 g/mol. The van der Waals surface area contributed by atoms with Crippen molar-refractivity contribution in [2.24, 2.45) is 5.92 Å². The van der Waals surface area contributed by atoms with Gasteiger partial charge in [0.05, 0.1) is 13.7 Å². The Balaban J connectivity index is 2.14. The van der Waals surface area contributed by atoms with Gasteiger partial charge in [-0.3, -0.25) is 0 Å². The molecule has 0 radical (unpaired) electrons. The fraction of sp³-hybridized carbons (Fsp3) is 0.571. The van der Waals surface area contributed by atoms with E-state index in [-0.39, 0.29) is 10.8 Å². The lowest BCUT2D eigenvalue weighted by molar-refractivity contribution is 0.186. The van der Waals surface area contributed by atoms with E-state index < -0.39 is 10.0 Å². The maximum absolute atomic E-state index is 12.4. The lowest BCUT2D eigenvalue weighted by Gasteiger charge is -2.14. The van der Waals surface area contributed by atoms with Crippen molar-refractivity contribution in [3.8, 4) is 5.75 Å². The molecular weight excluding hydrogens is 292 g/mol.